The van der Waals surface area contributed by atoms with E-state index in [1.54, 1.807) is 36.4 Å². The van der Waals surface area contributed by atoms with Crippen molar-refractivity contribution >= 4 is 5.97 Å². The van der Waals surface area contributed by atoms with Gasteiger partial charge in [-0.05, 0) is 29.8 Å². The van der Waals surface area contributed by atoms with Gasteiger partial charge < -0.3 is 9.84 Å². The first-order valence-corrected chi connectivity index (χ1v) is 5.86. The van der Waals surface area contributed by atoms with Crippen LogP contribution in [0.4, 0.5) is 4.39 Å². The third-order valence-electron chi connectivity index (χ3n) is 2.66. The second kappa shape index (κ2) is 6.00. The maximum absolute atomic E-state index is 12.9. The zero-order chi connectivity index (χ0) is 13.7. The van der Waals surface area contributed by atoms with Crippen LogP contribution in [0.3, 0.4) is 0 Å². The highest BCUT2D eigenvalue weighted by atomic mass is 19.1. The lowest BCUT2D eigenvalue weighted by molar-refractivity contribution is 0.0697. The van der Waals surface area contributed by atoms with Crippen molar-refractivity contribution in [1.29, 1.82) is 0 Å². The Hall–Kier alpha value is -2.36. The van der Waals surface area contributed by atoms with E-state index >= 15 is 0 Å². The zero-order valence-electron chi connectivity index (χ0n) is 10.2. The van der Waals surface area contributed by atoms with Crippen molar-refractivity contribution in [3.05, 3.63) is 65.5 Å². The number of carbonyl (C=O) groups is 1. The van der Waals surface area contributed by atoms with Gasteiger partial charge in [0.05, 0.1) is 12.2 Å². The molecule has 1 N–H and O–H groups in total. The molecule has 0 amide bonds. The molecule has 0 aliphatic heterocycles. The van der Waals surface area contributed by atoms with Crippen molar-refractivity contribution in [2.45, 2.75) is 6.42 Å². The highest BCUT2D eigenvalue weighted by Gasteiger charge is 2.02. The number of halogens is 1. The molecule has 0 saturated carbocycles. The maximum atomic E-state index is 12.9. The van der Waals surface area contributed by atoms with Crippen molar-refractivity contribution in [3.8, 4) is 5.75 Å². The molecule has 0 radical (unpaired) electrons. The van der Waals surface area contributed by atoms with Crippen molar-refractivity contribution in [2.24, 2.45) is 0 Å². The van der Waals surface area contributed by atoms with Crippen molar-refractivity contribution in [2.75, 3.05) is 6.61 Å². The molecular formula is C15H13FO3. The molecule has 0 atom stereocenters. The normalized spacial score (nSPS) is 10.2. The number of aromatic carboxylic acids is 1. The first-order chi connectivity index (χ1) is 9.15. The molecule has 0 unspecified atom stereocenters. The minimum atomic E-state index is -0.942. The Morgan fingerprint density at radius 3 is 2.53 bits per heavy atom. The Bertz CT molecular complexity index is 564. The Balaban J connectivity index is 1.87. The van der Waals surface area contributed by atoms with Gasteiger partial charge in [-0.2, -0.15) is 0 Å². The van der Waals surface area contributed by atoms with Crippen molar-refractivity contribution < 1.29 is 19.0 Å². The first kappa shape index (κ1) is 13.1. The van der Waals surface area contributed by atoms with E-state index in [9.17, 15) is 9.18 Å². The van der Waals surface area contributed by atoms with Crippen LogP contribution in [0.25, 0.3) is 0 Å². The van der Waals surface area contributed by atoms with Gasteiger partial charge in [0.15, 0.2) is 0 Å². The molecule has 0 aromatic heterocycles. The summed E-state index contributed by atoms with van der Waals surface area (Å²) in [7, 11) is 0. The lowest BCUT2D eigenvalue weighted by atomic mass is 10.1. The molecule has 2 aromatic rings. The van der Waals surface area contributed by atoms with Gasteiger partial charge in [0.25, 0.3) is 0 Å². The van der Waals surface area contributed by atoms with Crippen LogP contribution in [-0.2, 0) is 6.42 Å². The second-order valence-electron chi connectivity index (χ2n) is 4.06. The molecule has 0 bridgehead atoms. The third-order valence-corrected chi connectivity index (χ3v) is 2.66. The summed E-state index contributed by atoms with van der Waals surface area (Å²) in [4.78, 5) is 10.7. The van der Waals surface area contributed by atoms with Crippen LogP contribution in [-0.4, -0.2) is 17.7 Å². The smallest absolute Gasteiger partial charge is 0.335 e. The number of hydrogen-bond donors (Lipinski definition) is 1. The van der Waals surface area contributed by atoms with Gasteiger partial charge in [-0.3, -0.25) is 0 Å². The van der Waals surface area contributed by atoms with Crippen LogP contribution in [0.2, 0.25) is 0 Å². The van der Waals surface area contributed by atoms with E-state index in [1.165, 1.54) is 12.1 Å². The average molecular weight is 260 g/mol. The average Bonchev–Trinajstić information content (AvgIpc) is 2.39. The van der Waals surface area contributed by atoms with Gasteiger partial charge in [-0.1, -0.05) is 18.2 Å². The lowest BCUT2D eigenvalue weighted by Crippen LogP contribution is -2.02. The zero-order valence-corrected chi connectivity index (χ0v) is 10.2. The predicted molar refractivity (Wildman–Crippen MR) is 69.0 cm³/mol. The Kier molecular flexibility index (Phi) is 4.13. The molecular weight excluding hydrogens is 247 g/mol. The fraction of sp³-hybridized carbons (Fsp3) is 0.133. The summed E-state index contributed by atoms with van der Waals surface area (Å²) < 4.78 is 18.3. The van der Waals surface area contributed by atoms with Crippen LogP contribution in [0.5, 0.6) is 5.75 Å². The summed E-state index contributed by atoms with van der Waals surface area (Å²) in [6.45, 7) is 0.413. The van der Waals surface area contributed by atoms with Gasteiger partial charge >= 0.3 is 5.97 Å². The summed E-state index contributed by atoms with van der Waals surface area (Å²) >= 11 is 0. The minimum Gasteiger partial charge on any atom is -0.493 e. The standard InChI is InChI=1S/C15H13FO3/c16-13-2-1-3-14(10-13)19-9-8-11-4-6-12(7-5-11)15(17)18/h1-7,10H,8-9H2,(H,17,18). The molecule has 0 spiro atoms. The summed E-state index contributed by atoms with van der Waals surface area (Å²) in [6.07, 6.45) is 0.635. The highest BCUT2D eigenvalue weighted by Crippen LogP contribution is 2.12. The lowest BCUT2D eigenvalue weighted by Gasteiger charge is -2.06. The topological polar surface area (TPSA) is 46.5 Å². The van der Waals surface area contributed by atoms with Crippen LogP contribution in [0.15, 0.2) is 48.5 Å². The minimum absolute atomic E-state index is 0.259. The highest BCUT2D eigenvalue weighted by molar-refractivity contribution is 5.87. The van der Waals surface area contributed by atoms with Crippen LogP contribution in [0, 0.1) is 5.82 Å². The first-order valence-electron chi connectivity index (χ1n) is 5.86. The van der Waals surface area contributed by atoms with Gasteiger partial charge in [0, 0.05) is 12.5 Å². The number of hydrogen-bond acceptors (Lipinski definition) is 2. The molecule has 19 heavy (non-hydrogen) atoms. The summed E-state index contributed by atoms with van der Waals surface area (Å²) in [5.41, 5.74) is 1.23. The van der Waals surface area contributed by atoms with E-state index in [2.05, 4.69) is 0 Å². The SMILES string of the molecule is O=C(O)c1ccc(CCOc2cccc(F)c2)cc1. The fourth-order valence-corrected chi connectivity index (χ4v) is 1.66. The summed E-state index contributed by atoms with van der Waals surface area (Å²) in [6, 6.07) is 12.6. The largest absolute Gasteiger partial charge is 0.493 e. The number of benzene rings is 2. The van der Waals surface area contributed by atoms with Crippen LogP contribution < -0.4 is 4.74 Å². The Labute approximate surface area is 110 Å². The molecule has 3 nitrogen and oxygen atoms in total. The molecule has 0 saturated heterocycles. The van der Waals surface area contributed by atoms with Crippen LogP contribution in [0.1, 0.15) is 15.9 Å². The molecule has 2 rings (SSSR count). The van der Waals surface area contributed by atoms with E-state index in [4.69, 9.17) is 9.84 Å². The maximum Gasteiger partial charge on any atom is 0.335 e. The van der Waals surface area contributed by atoms with E-state index in [0.29, 0.717) is 18.8 Å². The van der Waals surface area contributed by atoms with E-state index in [0.717, 1.165) is 5.56 Å². The van der Waals surface area contributed by atoms with Gasteiger partial charge in [-0.15, -0.1) is 0 Å². The molecule has 0 heterocycles. The predicted octanol–water partition coefficient (Wildman–Crippen LogP) is 3.15. The molecule has 4 heteroatoms. The monoisotopic (exact) mass is 260 g/mol. The Morgan fingerprint density at radius 1 is 1.16 bits per heavy atom. The quantitative estimate of drug-likeness (QED) is 0.898. The second-order valence-corrected chi connectivity index (χ2v) is 4.06. The molecule has 0 aliphatic rings. The van der Waals surface area contributed by atoms with Crippen molar-refractivity contribution in [3.63, 3.8) is 0 Å². The van der Waals surface area contributed by atoms with E-state index < -0.39 is 5.97 Å². The van der Waals surface area contributed by atoms with Gasteiger partial charge in [0.1, 0.15) is 11.6 Å². The molecule has 2 aromatic carbocycles. The van der Waals surface area contributed by atoms with Gasteiger partial charge in [0.2, 0.25) is 0 Å². The molecule has 0 fully saturated rings. The van der Waals surface area contributed by atoms with E-state index in [1.807, 2.05) is 0 Å². The Morgan fingerprint density at radius 2 is 1.89 bits per heavy atom. The third kappa shape index (κ3) is 3.81. The molecule has 0 aliphatic carbocycles. The fourth-order valence-electron chi connectivity index (χ4n) is 1.66. The number of carboxylic acid groups (broad SMARTS) is 1. The number of carboxylic acids is 1. The number of ether oxygens (including phenoxy) is 1. The van der Waals surface area contributed by atoms with E-state index in [-0.39, 0.29) is 11.4 Å². The summed E-state index contributed by atoms with van der Waals surface area (Å²) in [5, 5.41) is 8.77. The summed E-state index contributed by atoms with van der Waals surface area (Å²) in [5.74, 6) is -0.784. The van der Waals surface area contributed by atoms with Gasteiger partial charge in [-0.25, -0.2) is 9.18 Å². The van der Waals surface area contributed by atoms with Crippen molar-refractivity contribution in [1.82, 2.24) is 0 Å². The molecule has 98 valence electrons. The van der Waals surface area contributed by atoms with Crippen LogP contribution >= 0.6 is 0 Å². The number of rotatable bonds is 5.